The molecule has 0 radical (unpaired) electrons. The van der Waals surface area contributed by atoms with E-state index in [2.05, 4.69) is 39.1 Å². The third kappa shape index (κ3) is 3.81. The van der Waals surface area contributed by atoms with E-state index in [4.69, 9.17) is 19.4 Å². The average molecular weight is 499 g/mol. The summed E-state index contributed by atoms with van der Waals surface area (Å²) >= 11 is 1.63. The van der Waals surface area contributed by atoms with Gasteiger partial charge in [0.1, 0.15) is 10.6 Å². The minimum absolute atomic E-state index is 0.170. The van der Waals surface area contributed by atoms with Crippen molar-refractivity contribution in [3.8, 4) is 39.1 Å². The van der Waals surface area contributed by atoms with Crippen molar-refractivity contribution in [3.05, 3.63) is 61.1 Å². The summed E-state index contributed by atoms with van der Waals surface area (Å²) < 4.78 is 13.3. The Bertz CT molecular complexity index is 1530. The molecule has 9 heteroatoms. The maximum Gasteiger partial charge on any atom is 0.221 e. The van der Waals surface area contributed by atoms with Gasteiger partial charge in [-0.25, -0.2) is 19.9 Å². The molecule has 6 rings (SSSR count). The number of aromatic nitrogens is 5. The molecule has 0 bridgehead atoms. The van der Waals surface area contributed by atoms with Crippen molar-refractivity contribution in [1.82, 2.24) is 24.5 Å². The van der Waals surface area contributed by atoms with E-state index < -0.39 is 0 Å². The highest BCUT2D eigenvalue weighted by Gasteiger charge is 2.30. The van der Waals surface area contributed by atoms with E-state index in [9.17, 15) is 0 Å². The molecule has 1 fully saturated rings. The van der Waals surface area contributed by atoms with Gasteiger partial charge in [0.05, 0.1) is 29.0 Å². The molecule has 1 aliphatic heterocycles. The first kappa shape index (κ1) is 22.6. The number of benzene rings is 1. The fourth-order valence-electron chi connectivity index (χ4n) is 4.80. The van der Waals surface area contributed by atoms with Crippen molar-refractivity contribution in [2.45, 2.75) is 12.5 Å². The number of methoxy groups -OCH3 is 2. The summed E-state index contributed by atoms with van der Waals surface area (Å²) in [7, 11) is 5.39. The van der Waals surface area contributed by atoms with Gasteiger partial charge in [0.15, 0.2) is 11.6 Å². The predicted molar refractivity (Wildman–Crippen MR) is 142 cm³/mol. The zero-order valence-corrected chi connectivity index (χ0v) is 21.2. The van der Waals surface area contributed by atoms with Gasteiger partial charge in [-0.3, -0.25) is 0 Å². The van der Waals surface area contributed by atoms with E-state index >= 15 is 0 Å². The molecule has 1 aliphatic rings. The molecule has 0 spiro atoms. The molecule has 1 atom stereocenters. The zero-order chi connectivity index (χ0) is 24.6. The Kier molecular flexibility index (Phi) is 5.86. The van der Waals surface area contributed by atoms with Crippen molar-refractivity contribution in [2.75, 3.05) is 32.2 Å². The first-order valence-corrected chi connectivity index (χ1v) is 12.6. The Balaban J connectivity index is 1.69. The lowest BCUT2D eigenvalue weighted by Gasteiger charge is -2.20. The molecule has 0 N–H and O–H groups in total. The summed E-state index contributed by atoms with van der Waals surface area (Å²) in [5, 5.41) is 1.03. The van der Waals surface area contributed by atoms with Crippen LogP contribution in [0.4, 0.5) is 5.82 Å². The maximum absolute atomic E-state index is 5.69. The number of thiophene rings is 1. The van der Waals surface area contributed by atoms with Gasteiger partial charge in [-0.2, -0.15) is 0 Å². The van der Waals surface area contributed by atoms with Gasteiger partial charge in [0, 0.05) is 51.4 Å². The lowest BCUT2D eigenvalue weighted by Crippen LogP contribution is -2.23. The first-order chi connectivity index (χ1) is 17.7. The predicted octanol–water partition coefficient (Wildman–Crippen LogP) is 5.05. The topological polar surface area (TPSA) is 78.2 Å². The standard InChI is InChI=1S/C27H26N6O2S/c1-32-15-13-28-25(32)23-30-24(33-14-11-18(16-33)34-2)21-20(17-8-5-4-6-9-17)22(36-27(21)31-23)19-10-7-12-29-26(19)35-3/h4-10,12-13,15,18H,11,14,16H2,1-3H3. The molecule has 5 aromatic rings. The van der Waals surface area contributed by atoms with Crippen LogP contribution in [0.3, 0.4) is 0 Å². The maximum atomic E-state index is 5.69. The zero-order valence-electron chi connectivity index (χ0n) is 20.4. The Morgan fingerprint density at radius 3 is 2.58 bits per heavy atom. The van der Waals surface area contributed by atoms with Crippen molar-refractivity contribution in [2.24, 2.45) is 7.05 Å². The number of anilines is 1. The number of hydrogen-bond acceptors (Lipinski definition) is 8. The van der Waals surface area contributed by atoms with Gasteiger partial charge in [-0.05, 0) is 24.1 Å². The van der Waals surface area contributed by atoms with E-state index in [0.717, 1.165) is 62.9 Å². The second kappa shape index (κ2) is 9.33. The number of fused-ring (bicyclic) bond motifs is 1. The lowest BCUT2D eigenvalue weighted by molar-refractivity contribution is 0.121. The molecule has 0 amide bonds. The SMILES string of the molecule is COc1ncccc1-c1sc2nc(-c3nccn3C)nc(N3CCC(OC)C3)c2c1-c1ccccc1. The summed E-state index contributed by atoms with van der Waals surface area (Å²) in [6.45, 7) is 1.64. The van der Waals surface area contributed by atoms with Crippen LogP contribution >= 0.6 is 11.3 Å². The molecular formula is C27H26N6O2S. The van der Waals surface area contributed by atoms with Crippen LogP contribution in [-0.4, -0.2) is 57.9 Å². The Morgan fingerprint density at radius 1 is 1.00 bits per heavy atom. The summed E-state index contributed by atoms with van der Waals surface area (Å²) in [5.74, 6) is 2.83. The molecule has 0 aliphatic carbocycles. The van der Waals surface area contributed by atoms with Crippen LogP contribution in [0.15, 0.2) is 61.1 Å². The quantitative estimate of drug-likeness (QED) is 0.324. The largest absolute Gasteiger partial charge is 0.481 e. The Hall–Kier alpha value is -3.82. The van der Waals surface area contributed by atoms with Crippen LogP contribution in [-0.2, 0) is 11.8 Å². The molecular weight excluding hydrogens is 472 g/mol. The van der Waals surface area contributed by atoms with E-state index in [1.54, 1.807) is 38.0 Å². The molecule has 0 saturated carbocycles. The van der Waals surface area contributed by atoms with E-state index in [1.165, 1.54) is 0 Å². The first-order valence-electron chi connectivity index (χ1n) is 11.8. The lowest BCUT2D eigenvalue weighted by atomic mass is 10.00. The number of ether oxygens (including phenoxy) is 2. The Morgan fingerprint density at radius 2 is 1.86 bits per heavy atom. The number of imidazole rings is 1. The fourth-order valence-corrected chi connectivity index (χ4v) is 6.01. The summed E-state index contributed by atoms with van der Waals surface area (Å²) in [6.07, 6.45) is 6.55. The van der Waals surface area contributed by atoms with Crippen molar-refractivity contribution in [3.63, 3.8) is 0 Å². The van der Waals surface area contributed by atoms with Crippen LogP contribution in [0.2, 0.25) is 0 Å². The number of pyridine rings is 1. The van der Waals surface area contributed by atoms with Gasteiger partial charge < -0.3 is 18.9 Å². The third-order valence-corrected chi connectivity index (χ3v) is 7.72. The molecule has 5 heterocycles. The van der Waals surface area contributed by atoms with Gasteiger partial charge in [0.25, 0.3) is 0 Å². The normalized spacial score (nSPS) is 15.6. The van der Waals surface area contributed by atoms with Crippen LogP contribution < -0.4 is 9.64 Å². The number of aryl methyl sites for hydroxylation is 1. The molecule has 36 heavy (non-hydrogen) atoms. The molecule has 4 aromatic heterocycles. The van der Waals surface area contributed by atoms with Crippen LogP contribution in [0, 0.1) is 0 Å². The van der Waals surface area contributed by atoms with Crippen molar-refractivity contribution < 1.29 is 9.47 Å². The average Bonchev–Trinajstić information content (AvgIpc) is 3.66. The minimum Gasteiger partial charge on any atom is -0.481 e. The number of nitrogens with zero attached hydrogens (tertiary/aromatic N) is 6. The van der Waals surface area contributed by atoms with E-state index in [-0.39, 0.29) is 6.10 Å². The number of hydrogen-bond donors (Lipinski definition) is 0. The second-order valence-electron chi connectivity index (χ2n) is 8.74. The van der Waals surface area contributed by atoms with Crippen LogP contribution in [0.5, 0.6) is 5.88 Å². The van der Waals surface area contributed by atoms with Gasteiger partial charge >= 0.3 is 0 Å². The highest BCUT2D eigenvalue weighted by Crippen LogP contribution is 2.49. The van der Waals surface area contributed by atoms with E-state index in [1.807, 2.05) is 36.0 Å². The van der Waals surface area contributed by atoms with Gasteiger partial charge in [-0.1, -0.05) is 30.3 Å². The van der Waals surface area contributed by atoms with Crippen LogP contribution in [0.1, 0.15) is 6.42 Å². The minimum atomic E-state index is 0.170. The van der Waals surface area contributed by atoms with Crippen molar-refractivity contribution in [1.29, 1.82) is 0 Å². The Labute approximate surface area is 213 Å². The molecule has 1 saturated heterocycles. The second-order valence-corrected chi connectivity index (χ2v) is 9.74. The van der Waals surface area contributed by atoms with Gasteiger partial charge in [-0.15, -0.1) is 11.3 Å². The van der Waals surface area contributed by atoms with E-state index in [0.29, 0.717) is 11.7 Å². The molecule has 1 unspecified atom stereocenters. The van der Waals surface area contributed by atoms with Gasteiger partial charge in [0.2, 0.25) is 5.88 Å². The molecule has 1 aromatic carbocycles. The summed E-state index contributed by atoms with van der Waals surface area (Å²) in [6, 6.07) is 14.4. The molecule has 8 nitrogen and oxygen atoms in total. The monoisotopic (exact) mass is 498 g/mol. The highest BCUT2D eigenvalue weighted by molar-refractivity contribution is 7.22. The summed E-state index contributed by atoms with van der Waals surface area (Å²) in [4.78, 5) is 23.4. The fraction of sp³-hybridized carbons (Fsp3) is 0.259. The summed E-state index contributed by atoms with van der Waals surface area (Å²) in [5.41, 5.74) is 3.12. The van der Waals surface area contributed by atoms with Crippen molar-refractivity contribution >= 4 is 27.4 Å². The number of rotatable bonds is 6. The highest BCUT2D eigenvalue weighted by atomic mass is 32.1. The third-order valence-electron chi connectivity index (χ3n) is 6.60. The molecule has 182 valence electrons. The van der Waals surface area contributed by atoms with Crippen LogP contribution in [0.25, 0.3) is 43.4 Å². The smallest absolute Gasteiger partial charge is 0.221 e.